The molecule has 3 aliphatic rings. The van der Waals surface area contributed by atoms with Crippen molar-refractivity contribution in [2.75, 3.05) is 4.81 Å². The van der Waals surface area contributed by atoms with Gasteiger partial charge in [-0.15, -0.1) is 0 Å². The quantitative estimate of drug-likeness (QED) is 0.163. The molecule has 294 valence electrons. The Balaban J connectivity index is 1.15. The average molecular weight is 797 g/mol. The van der Waals surface area contributed by atoms with Crippen molar-refractivity contribution in [3.8, 4) is 39.1 Å². The smallest absolute Gasteiger partial charge is 0.333 e. The summed E-state index contributed by atoms with van der Waals surface area (Å²) in [7, 11) is 0. The van der Waals surface area contributed by atoms with Crippen molar-refractivity contribution in [1.82, 2.24) is 4.57 Å². The van der Waals surface area contributed by atoms with Crippen LogP contribution in [0, 0.1) is 0 Å². The molecule has 3 aromatic heterocycles. The van der Waals surface area contributed by atoms with Gasteiger partial charge >= 0.3 is 6.85 Å². The number of fused-ring (bicyclic) bond motifs is 15. The first-order valence-electron chi connectivity index (χ1n) is 21.9. The molecule has 1 aliphatic carbocycles. The number of rotatable bonds is 2. The SMILES string of the molecule is CC(C)(C)c1ccc(N2B3c4cc5occ(-c6ccccc6)c5cc4-n4c5cc6c(cc5c5ccc(c3c54)-c3cc4c(cc32)oc2ccccc24)C(C)(C)c2ccccc2-6)cc1. The summed E-state index contributed by atoms with van der Waals surface area (Å²) in [5.41, 5.74) is 22.5. The zero-order valence-corrected chi connectivity index (χ0v) is 35.3. The zero-order valence-electron chi connectivity index (χ0n) is 35.3. The third-order valence-corrected chi connectivity index (χ3v) is 14.6. The van der Waals surface area contributed by atoms with Crippen LogP contribution < -0.4 is 15.7 Å². The van der Waals surface area contributed by atoms with Gasteiger partial charge in [-0.25, -0.2) is 0 Å². The van der Waals surface area contributed by atoms with E-state index in [1.807, 2.05) is 6.26 Å². The second kappa shape index (κ2) is 11.6. The van der Waals surface area contributed by atoms with Crippen LogP contribution in [0.2, 0.25) is 0 Å². The minimum Gasteiger partial charge on any atom is -0.464 e. The van der Waals surface area contributed by atoms with E-state index >= 15 is 0 Å². The maximum atomic E-state index is 6.65. The Labute approximate surface area is 359 Å². The Hall–Kier alpha value is -7.24. The standard InChI is InChI=1S/C57H41BN2O2/c1-56(2,3)33-19-21-34(22-20-33)60-49-30-53-42(36-16-10-12-18-51(36)62-53)25-40(49)37-23-24-38-41-26-46-39(35-15-9-11-17-45(35)57(46,4)5)27-48(41)59-50-28-43-44(32-13-7-6-8-14-32)31-61-52(43)29-47(50)58(60)54(37)55(38)59/h6-31H,1-5H3. The van der Waals surface area contributed by atoms with Gasteiger partial charge in [-0.3, -0.25) is 0 Å². The van der Waals surface area contributed by atoms with Crippen molar-refractivity contribution in [2.45, 2.75) is 45.4 Å². The summed E-state index contributed by atoms with van der Waals surface area (Å²) < 4.78 is 15.8. The van der Waals surface area contributed by atoms with Gasteiger partial charge in [-0.1, -0.05) is 132 Å². The van der Waals surface area contributed by atoms with Crippen molar-refractivity contribution in [3.05, 3.63) is 175 Å². The monoisotopic (exact) mass is 796 g/mol. The maximum Gasteiger partial charge on any atom is 0.333 e. The van der Waals surface area contributed by atoms with Gasteiger partial charge in [0, 0.05) is 66.6 Å². The lowest BCUT2D eigenvalue weighted by atomic mass is 9.44. The van der Waals surface area contributed by atoms with Crippen LogP contribution in [0.15, 0.2) is 167 Å². The predicted octanol–water partition coefficient (Wildman–Crippen LogP) is 13.9. The van der Waals surface area contributed by atoms with Gasteiger partial charge in [0.2, 0.25) is 0 Å². The Morgan fingerprint density at radius 3 is 2.16 bits per heavy atom. The largest absolute Gasteiger partial charge is 0.464 e. The molecule has 14 rings (SSSR count). The first kappa shape index (κ1) is 34.5. The molecule has 62 heavy (non-hydrogen) atoms. The highest BCUT2D eigenvalue weighted by atomic mass is 16.3. The van der Waals surface area contributed by atoms with E-state index in [1.165, 1.54) is 77.4 Å². The molecule has 0 unspecified atom stereocenters. The lowest BCUT2D eigenvalue weighted by molar-refractivity contribution is 0.590. The van der Waals surface area contributed by atoms with Gasteiger partial charge in [0.05, 0.1) is 17.3 Å². The first-order chi connectivity index (χ1) is 30.1. The predicted molar refractivity (Wildman–Crippen MR) is 259 cm³/mol. The average Bonchev–Trinajstić information content (AvgIpc) is 4.02. The number of anilines is 2. The summed E-state index contributed by atoms with van der Waals surface area (Å²) in [6.45, 7) is 11.5. The van der Waals surface area contributed by atoms with Crippen molar-refractivity contribution in [2.24, 2.45) is 0 Å². The van der Waals surface area contributed by atoms with E-state index in [1.54, 1.807) is 0 Å². The molecule has 0 radical (unpaired) electrons. The highest BCUT2D eigenvalue weighted by molar-refractivity contribution is 6.94. The molecule has 0 saturated heterocycles. The highest BCUT2D eigenvalue weighted by Crippen LogP contribution is 2.53. The second-order valence-corrected chi connectivity index (χ2v) is 19.3. The van der Waals surface area contributed by atoms with Crippen LogP contribution in [0.5, 0.6) is 0 Å². The minimum absolute atomic E-state index is 0.0205. The molecule has 8 aromatic carbocycles. The van der Waals surface area contributed by atoms with Crippen molar-refractivity contribution in [3.63, 3.8) is 0 Å². The van der Waals surface area contributed by atoms with Crippen LogP contribution in [0.25, 0.3) is 93.8 Å². The molecule has 5 heteroatoms. The molecular formula is C57H41BN2O2. The molecule has 5 heterocycles. The third-order valence-electron chi connectivity index (χ3n) is 14.6. The van der Waals surface area contributed by atoms with E-state index in [0.29, 0.717) is 0 Å². The first-order valence-corrected chi connectivity index (χ1v) is 21.9. The number of hydrogen-bond acceptors (Lipinski definition) is 3. The number of benzene rings is 8. The molecule has 4 nitrogen and oxygen atoms in total. The van der Waals surface area contributed by atoms with Crippen LogP contribution in [-0.4, -0.2) is 11.4 Å². The third kappa shape index (κ3) is 4.33. The summed E-state index contributed by atoms with van der Waals surface area (Å²) >= 11 is 0. The molecule has 0 saturated carbocycles. The number of furan rings is 2. The topological polar surface area (TPSA) is 34.5 Å². The molecule has 2 aliphatic heterocycles. The van der Waals surface area contributed by atoms with E-state index in [4.69, 9.17) is 8.83 Å². The van der Waals surface area contributed by atoms with E-state index in [0.717, 1.165) is 55.4 Å². The van der Waals surface area contributed by atoms with Gasteiger partial charge in [-0.05, 0) is 104 Å². The van der Waals surface area contributed by atoms with Gasteiger partial charge in [-0.2, -0.15) is 0 Å². The molecule has 0 amide bonds. The molecule has 11 aromatic rings. The highest BCUT2D eigenvalue weighted by Gasteiger charge is 2.45. The van der Waals surface area contributed by atoms with Gasteiger partial charge in [0.25, 0.3) is 0 Å². The maximum absolute atomic E-state index is 6.65. The summed E-state index contributed by atoms with van der Waals surface area (Å²) in [6.07, 6.45) is 1.94. The second-order valence-electron chi connectivity index (χ2n) is 19.3. The molecule has 0 bridgehead atoms. The lowest BCUT2D eigenvalue weighted by Gasteiger charge is -2.42. The van der Waals surface area contributed by atoms with Gasteiger partial charge < -0.3 is 18.2 Å². The van der Waals surface area contributed by atoms with Crippen LogP contribution in [0.3, 0.4) is 0 Å². The molecular weight excluding hydrogens is 755 g/mol. The Kier molecular flexibility index (Phi) is 6.43. The summed E-state index contributed by atoms with van der Waals surface area (Å²) in [4.78, 5) is 2.59. The summed E-state index contributed by atoms with van der Waals surface area (Å²) in [5, 5.41) is 5.94. The van der Waals surface area contributed by atoms with Gasteiger partial charge in [0.15, 0.2) is 0 Å². The lowest BCUT2D eigenvalue weighted by Crippen LogP contribution is -2.60. The Bertz CT molecular complexity index is 3760. The van der Waals surface area contributed by atoms with Gasteiger partial charge in [0.1, 0.15) is 16.7 Å². The Morgan fingerprint density at radius 1 is 0.532 bits per heavy atom. The van der Waals surface area contributed by atoms with E-state index in [2.05, 4.69) is 196 Å². The fraction of sp³-hybridized carbons (Fsp3) is 0.123. The fourth-order valence-electron chi connectivity index (χ4n) is 11.6. The van der Waals surface area contributed by atoms with Crippen molar-refractivity contribution < 1.29 is 8.83 Å². The van der Waals surface area contributed by atoms with Crippen molar-refractivity contribution in [1.29, 1.82) is 0 Å². The van der Waals surface area contributed by atoms with E-state index < -0.39 is 0 Å². The van der Waals surface area contributed by atoms with E-state index in [-0.39, 0.29) is 17.7 Å². The fourth-order valence-corrected chi connectivity index (χ4v) is 11.6. The number of hydrogen-bond donors (Lipinski definition) is 0. The molecule has 0 atom stereocenters. The van der Waals surface area contributed by atoms with Crippen molar-refractivity contribution >= 4 is 83.9 Å². The molecule has 0 spiro atoms. The van der Waals surface area contributed by atoms with Crippen LogP contribution >= 0.6 is 0 Å². The zero-order chi connectivity index (χ0) is 41.4. The van der Waals surface area contributed by atoms with Crippen LogP contribution in [0.4, 0.5) is 11.4 Å². The Morgan fingerprint density at radius 2 is 1.32 bits per heavy atom. The summed E-state index contributed by atoms with van der Waals surface area (Å²) in [5.74, 6) is 0. The van der Waals surface area contributed by atoms with Crippen LogP contribution in [-0.2, 0) is 10.8 Å². The van der Waals surface area contributed by atoms with Crippen LogP contribution in [0.1, 0.15) is 51.3 Å². The normalized spacial score (nSPS) is 14.6. The number of nitrogens with zero attached hydrogens (tertiary/aromatic N) is 2. The van der Waals surface area contributed by atoms with E-state index in [9.17, 15) is 0 Å². The molecule has 0 N–H and O–H groups in total. The minimum atomic E-state index is -0.158. The number of para-hydroxylation sites is 1. The number of aromatic nitrogens is 1. The molecule has 0 fully saturated rings. The summed E-state index contributed by atoms with van der Waals surface area (Å²) in [6, 6.07) is 56.6.